The summed E-state index contributed by atoms with van der Waals surface area (Å²) in [7, 11) is 1.63. The Bertz CT molecular complexity index is 954. The Labute approximate surface area is 196 Å². The van der Waals surface area contributed by atoms with Crippen molar-refractivity contribution in [3.63, 3.8) is 0 Å². The van der Waals surface area contributed by atoms with E-state index in [0.717, 1.165) is 36.5 Å². The van der Waals surface area contributed by atoms with Crippen molar-refractivity contribution in [3.05, 3.63) is 83.9 Å². The van der Waals surface area contributed by atoms with Crippen molar-refractivity contribution in [2.24, 2.45) is 5.92 Å². The number of hydrogen-bond acceptors (Lipinski definition) is 4. The predicted molar refractivity (Wildman–Crippen MR) is 129 cm³/mol. The third-order valence-electron chi connectivity index (χ3n) is 5.57. The Morgan fingerprint density at radius 1 is 1.00 bits per heavy atom. The van der Waals surface area contributed by atoms with Gasteiger partial charge in [0.15, 0.2) is 0 Å². The zero-order valence-corrected chi connectivity index (χ0v) is 19.8. The second kappa shape index (κ2) is 12.4. The highest BCUT2D eigenvalue weighted by Gasteiger charge is 2.16. The molecule has 0 radical (unpaired) electrons. The van der Waals surface area contributed by atoms with Gasteiger partial charge >= 0.3 is 0 Å². The minimum absolute atomic E-state index is 0.223. The molecular weight excluding hydrogens is 419 g/mol. The van der Waals surface area contributed by atoms with Crippen molar-refractivity contribution in [2.45, 2.75) is 39.5 Å². The van der Waals surface area contributed by atoms with Gasteiger partial charge in [-0.15, -0.1) is 0 Å². The van der Waals surface area contributed by atoms with Crippen LogP contribution in [0.2, 0.25) is 0 Å². The summed E-state index contributed by atoms with van der Waals surface area (Å²) in [6, 6.07) is 18.1. The first-order chi connectivity index (χ1) is 15.9. The molecule has 0 amide bonds. The van der Waals surface area contributed by atoms with Crippen LogP contribution < -0.4 is 9.47 Å². The van der Waals surface area contributed by atoms with Gasteiger partial charge in [-0.05, 0) is 73.0 Å². The average molecular weight is 455 g/mol. The maximum atomic E-state index is 13.2. The number of aromatic nitrogens is 1. The molecule has 0 aliphatic rings. The van der Waals surface area contributed by atoms with Gasteiger partial charge in [-0.2, -0.15) is 0 Å². The maximum Gasteiger partial charge on any atom is 0.123 e. The molecular formula is C27H35FN2O3. The summed E-state index contributed by atoms with van der Waals surface area (Å²) < 4.78 is 26.4. The Kier molecular flexibility index (Phi) is 9.34. The summed E-state index contributed by atoms with van der Waals surface area (Å²) in [5.74, 6) is 1.83. The Morgan fingerprint density at radius 3 is 2.36 bits per heavy atom. The molecule has 6 heteroatoms. The maximum absolute atomic E-state index is 13.2. The average Bonchev–Trinajstić information content (AvgIpc) is 3.24. The molecule has 1 heterocycles. The highest BCUT2D eigenvalue weighted by Crippen LogP contribution is 2.18. The predicted octanol–water partition coefficient (Wildman–Crippen LogP) is 4.97. The SMILES string of the molecule is COc1ccc(OC[C@@H](O)CN(CCC(C)C)Cc2cccn2Cc2ccc(F)cc2)cc1. The van der Waals surface area contributed by atoms with Crippen LogP contribution in [0.25, 0.3) is 0 Å². The van der Waals surface area contributed by atoms with Gasteiger partial charge in [0, 0.05) is 31.5 Å². The van der Waals surface area contributed by atoms with Crippen LogP contribution in [0.3, 0.4) is 0 Å². The lowest BCUT2D eigenvalue weighted by Gasteiger charge is -2.26. The second-order valence-electron chi connectivity index (χ2n) is 8.81. The molecule has 0 saturated carbocycles. The second-order valence-corrected chi connectivity index (χ2v) is 8.81. The molecule has 1 aromatic heterocycles. The summed E-state index contributed by atoms with van der Waals surface area (Å²) in [5.41, 5.74) is 2.21. The zero-order valence-electron chi connectivity index (χ0n) is 19.8. The van der Waals surface area contributed by atoms with Gasteiger partial charge in [0.25, 0.3) is 0 Å². The number of halogens is 1. The van der Waals surface area contributed by atoms with Crippen molar-refractivity contribution >= 4 is 0 Å². The molecule has 1 N–H and O–H groups in total. The van der Waals surface area contributed by atoms with Gasteiger partial charge in [0.1, 0.15) is 30.0 Å². The molecule has 0 aliphatic heterocycles. The lowest BCUT2D eigenvalue weighted by molar-refractivity contribution is 0.0631. The van der Waals surface area contributed by atoms with Crippen molar-refractivity contribution in [3.8, 4) is 11.5 Å². The fourth-order valence-electron chi connectivity index (χ4n) is 3.65. The first-order valence-corrected chi connectivity index (χ1v) is 11.5. The van der Waals surface area contributed by atoms with Gasteiger partial charge in [-0.25, -0.2) is 4.39 Å². The molecule has 0 bridgehead atoms. The van der Waals surface area contributed by atoms with Gasteiger partial charge in [0.05, 0.1) is 7.11 Å². The van der Waals surface area contributed by atoms with Gasteiger partial charge in [0.2, 0.25) is 0 Å². The molecule has 3 aromatic rings. The lowest BCUT2D eigenvalue weighted by Crippen LogP contribution is -2.36. The number of ether oxygens (including phenoxy) is 2. The number of hydrogen-bond donors (Lipinski definition) is 1. The first-order valence-electron chi connectivity index (χ1n) is 11.5. The number of aliphatic hydroxyl groups excluding tert-OH is 1. The molecule has 0 aliphatic carbocycles. The smallest absolute Gasteiger partial charge is 0.123 e. The fourth-order valence-corrected chi connectivity index (χ4v) is 3.65. The summed E-state index contributed by atoms with van der Waals surface area (Å²) in [4.78, 5) is 2.28. The summed E-state index contributed by atoms with van der Waals surface area (Å²) in [6.07, 6.45) is 2.48. The molecule has 178 valence electrons. The number of methoxy groups -OCH3 is 1. The van der Waals surface area contributed by atoms with Crippen LogP contribution in [0.4, 0.5) is 4.39 Å². The van der Waals surface area contributed by atoms with Crippen molar-refractivity contribution in [1.29, 1.82) is 0 Å². The molecule has 2 aromatic carbocycles. The molecule has 0 spiro atoms. The number of rotatable bonds is 13. The Hall–Kier alpha value is -2.83. The molecule has 1 atom stereocenters. The van der Waals surface area contributed by atoms with Crippen LogP contribution in [-0.4, -0.2) is 47.5 Å². The van der Waals surface area contributed by atoms with E-state index in [2.05, 4.69) is 29.4 Å². The number of nitrogens with zero attached hydrogens (tertiary/aromatic N) is 2. The third kappa shape index (κ3) is 8.22. The van der Waals surface area contributed by atoms with Gasteiger partial charge in [-0.1, -0.05) is 26.0 Å². The Balaban J connectivity index is 1.59. The van der Waals surface area contributed by atoms with Crippen LogP contribution in [-0.2, 0) is 13.1 Å². The van der Waals surface area contributed by atoms with E-state index in [0.29, 0.717) is 24.8 Å². The minimum Gasteiger partial charge on any atom is -0.497 e. The van der Waals surface area contributed by atoms with Crippen molar-refractivity contribution in [2.75, 3.05) is 26.8 Å². The summed E-state index contributed by atoms with van der Waals surface area (Å²) >= 11 is 0. The molecule has 33 heavy (non-hydrogen) atoms. The van der Waals surface area contributed by atoms with Crippen molar-refractivity contribution < 1.29 is 19.0 Å². The standard InChI is InChI=1S/C27H35FN2O3/c1-21(2)14-16-29(19-25(31)20-33-27-12-10-26(32-3)11-13-27)18-24-5-4-15-30(24)17-22-6-8-23(28)9-7-22/h4-13,15,21,25,31H,14,16-20H2,1-3H3/t25-/m0/s1. The van der Waals surface area contributed by atoms with E-state index in [-0.39, 0.29) is 12.4 Å². The van der Waals surface area contributed by atoms with E-state index in [9.17, 15) is 9.50 Å². The van der Waals surface area contributed by atoms with Crippen molar-refractivity contribution in [1.82, 2.24) is 9.47 Å². The molecule has 3 rings (SSSR count). The first kappa shape index (κ1) is 24.8. The van der Waals surface area contributed by atoms with E-state index < -0.39 is 6.10 Å². The lowest BCUT2D eigenvalue weighted by atomic mass is 10.1. The molecule has 5 nitrogen and oxygen atoms in total. The van der Waals surface area contributed by atoms with E-state index in [1.165, 1.54) is 12.1 Å². The number of aliphatic hydroxyl groups is 1. The third-order valence-corrected chi connectivity index (χ3v) is 5.57. The van der Waals surface area contributed by atoms with E-state index in [1.54, 1.807) is 7.11 Å². The molecule has 0 unspecified atom stereocenters. The number of benzene rings is 2. The van der Waals surface area contributed by atoms with Gasteiger partial charge < -0.3 is 19.1 Å². The van der Waals surface area contributed by atoms with E-state index in [4.69, 9.17) is 9.47 Å². The van der Waals surface area contributed by atoms with Crippen LogP contribution >= 0.6 is 0 Å². The van der Waals surface area contributed by atoms with Crippen LogP contribution in [0.5, 0.6) is 11.5 Å². The molecule has 0 fully saturated rings. The molecule has 0 saturated heterocycles. The zero-order chi connectivity index (χ0) is 23.6. The Morgan fingerprint density at radius 2 is 1.70 bits per heavy atom. The summed E-state index contributed by atoms with van der Waals surface area (Å²) in [6.45, 7) is 7.45. The fraction of sp³-hybridized carbons (Fsp3) is 0.407. The normalized spacial score (nSPS) is 12.3. The quantitative estimate of drug-likeness (QED) is 0.396. The highest BCUT2D eigenvalue weighted by molar-refractivity contribution is 5.31. The largest absolute Gasteiger partial charge is 0.497 e. The minimum atomic E-state index is -0.611. The van der Waals surface area contributed by atoms with Crippen LogP contribution in [0.15, 0.2) is 66.9 Å². The van der Waals surface area contributed by atoms with E-state index >= 15 is 0 Å². The van der Waals surface area contributed by atoms with Crippen LogP contribution in [0, 0.1) is 11.7 Å². The van der Waals surface area contributed by atoms with Gasteiger partial charge in [-0.3, -0.25) is 4.90 Å². The summed E-state index contributed by atoms with van der Waals surface area (Å²) in [5, 5.41) is 10.7. The highest BCUT2D eigenvalue weighted by atomic mass is 19.1. The van der Waals surface area contributed by atoms with E-state index in [1.807, 2.05) is 48.7 Å². The monoisotopic (exact) mass is 454 g/mol. The topological polar surface area (TPSA) is 46.9 Å². The van der Waals surface area contributed by atoms with Crippen LogP contribution in [0.1, 0.15) is 31.5 Å².